The molecule has 0 saturated carbocycles. The fraction of sp³-hybridized carbons (Fsp3) is 0.120. The molecule has 0 bridgehead atoms. The van der Waals surface area contributed by atoms with Crippen LogP contribution in [0.5, 0.6) is 0 Å². The summed E-state index contributed by atoms with van der Waals surface area (Å²) in [6, 6.07) is 24.3. The zero-order valence-corrected chi connectivity index (χ0v) is 18.1. The number of nitriles is 1. The molecule has 0 amide bonds. The van der Waals surface area contributed by atoms with Gasteiger partial charge in [0.1, 0.15) is 0 Å². The van der Waals surface area contributed by atoms with E-state index >= 15 is 0 Å². The van der Waals surface area contributed by atoms with Crippen molar-refractivity contribution in [3.05, 3.63) is 112 Å². The van der Waals surface area contributed by atoms with Crippen LogP contribution in [0.3, 0.4) is 0 Å². The predicted molar refractivity (Wildman–Crippen MR) is 124 cm³/mol. The number of halogens is 2. The van der Waals surface area contributed by atoms with Crippen LogP contribution in [-0.2, 0) is 13.0 Å². The summed E-state index contributed by atoms with van der Waals surface area (Å²) in [7, 11) is 0. The molecule has 4 rings (SSSR count). The SMILES string of the molecule is Cc1cc(Cn2cnc(Cc3ccc(C#N)cc3)c2)ccc1-c1cccc(Cl)c1.Cl. The summed E-state index contributed by atoms with van der Waals surface area (Å²) in [6.45, 7) is 2.90. The fourth-order valence-electron chi connectivity index (χ4n) is 3.51. The molecule has 0 aliphatic carbocycles. The van der Waals surface area contributed by atoms with Gasteiger partial charge in [0.25, 0.3) is 0 Å². The van der Waals surface area contributed by atoms with Crippen LogP contribution in [0, 0.1) is 18.3 Å². The van der Waals surface area contributed by atoms with Gasteiger partial charge in [0.2, 0.25) is 0 Å². The van der Waals surface area contributed by atoms with Crippen LogP contribution in [0.4, 0.5) is 0 Å². The third-order valence-corrected chi connectivity index (χ3v) is 5.18. The van der Waals surface area contributed by atoms with Crippen molar-refractivity contribution in [2.24, 2.45) is 0 Å². The van der Waals surface area contributed by atoms with Gasteiger partial charge in [-0.15, -0.1) is 12.4 Å². The number of aromatic nitrogens is 2. The van der Waals surface area contributed by atoms with Crippen molar-refractivity contribution < 1.29 is 0 Å². The lowest BCUT2D eigenvalue weighted by atomic mass is 9.98. The molecule has 0 fully saturated rings. The largest absolute Gasteiger partial charge is 0.333 e. The molecule has 0 aliphatic heterocycles. The molecule has 0 atom stereocenters. The van der Waals surface area contributed by atoms with Crippen LogP contribution in [-0.4, -0.2) is 9.55 Å². The van der Waals surface area contributed by atoms with E-state index in [2.05, 4.69) is 53.0 Å². The van der Waals surface area contributed by atoms with Gasteiger partial charge in [-0.25, -0.2) is 4.98 Å². The molecule has 30 heavy (non-hydrogen) atoms. The Morgan fingerprint density at radius 2 is 1.77 bits per heavy atom. The van der Waals surface area contributed by atoms with Crippen LogP contribution in [0.15, 0.2) is 79.3 Å². The lowest BCUT2D eigenvalue weighted by Gasteiger charge is -2.10. The third-order valence-electron chi connectivity index (χ3n) is 4.95. The summed E-state index contributed by atoms with van der Waals surface area (Å²) in [5.74, 6) is 0. The Balaban J connectivity index is 0.00000256. The number of aryl methyl sites for hydroxylation is 1. The second kappa shape index (κ2) is 9.63. The van der Waals surface area contributed by atoms with Gasteiger partial charge in [0.05, 0.1) is 23.7 Å². The van der Waals surface area contributed by atoms with Crippen LogP contribution >= 0.6 is 24.0 Å². The second-order valence-corrected chi connectivity index (χ2v) is 7.62. The van der Waals surface area contributed by atoms with Gasteiger partial charge >= 0.3 is 0 Å². The van der Waals surface area contributed by atoms with Crippen molar-refractivity contribution in [2.45, 2.75) is 19.9 Å². The molecular formula is C25H21Cl2N3. The van der Waals surface area contributed by atoms with Crippen LogP contribution in [0.1, 0.15) is 27.9 Å². The minimum absolute atomic E-state index is 0. The molecule has 4 aromatic rings. The highest BCUT2D eigenvalue weighted by Gasteiger charge is 2.06. The van der Waals surface area contributed by atoms with Gasteiger partial charge in [-0.2, -0.15) is 5.26 Å². The summed E-state index contributed by atoms with van der Waals surface area (Å²) in [4.78, 5) is 4.53. The quantitative estimate of drug-likeness (QED) is 0.363. The van der Waals surface area contributed by atoms with Crippen molar-refractivity contribution in [1.29, 1.82) is 5.26 Å². The first-order valence-electron chi connectivity index (χ1n) is 9.46. The van der Waals surface area contributed by atoms with Crippen molar-refractivity contribution >= 4 is 24.0 Å². The smallest absolute Gasteiger partial charge is 0.0991 e. The minimum Gasteiger partial charge on any atom is -0.333 e. The van der Waals surface area contributed by atoms with E-state index < -0.39 is 0 Å². The highest BCUT2D eigenvalue weighted by atomic mass is 35.5. The first kappa shape index (κ1) is 21.6. The number of hydrogen-bond donors (Lipinski definition) is 0. The average Bonchev–Trinajstić information content (AvgIpc) is 3.15. The molecule has 150 valence electrons. The van der Waals surface area contributed by atoms with E-state index in [-0.39, 0.29) is 12.4 Å². The fourth-order valence-corrected chi connectivity index (χ4v) is 3.70. The summed E-state index contributed by atoms with van der Waals surface area (Å²) in [5.41, 5.74) is 7.63. The number of nitrogens with zero attached hydrogens (tertiary/aromatic N) is 3. The minimum atomic E-state index is 0. The number of hydrogen-bond acceptors (Lipinski definition) is 2. The highest BCUT2D eigenvalue weighted by Crippen LogP contribution is 2.26. The third kappa shape index (κ3) is 5.10. The Morgan fingerprint density at radius 1 is 1.00 bits per heavy atom. The molecule has 0 spiro atoms. The lowest BCUT2D eigenvalue weighted by molar-refractivity contribution is 0.796. The monoisotopic (exact) mass is 433 g/mol. The lowest BCUT2D eigenvalue weighted by Crippen LogP contribution is -1.97. The van der Waals surface area contributed by atoms with Crippen molar-refractivity contribution in [1.82, 2.24) is 9.55 Å². The summed E-state index contributed by atoms with van der Waals surface area (Å²) >= 11 is 6.14. The van der Waals surface area contributed by atoms with Gasteiger partial charge in [0, 0.05) is 24.2 Å². The van der Waals surface area contributed by atoms with Crippen LogP contribution < -0.4 is 0 Å². The maximum atomic E-state index is 8.90. The van der Waals surface area contributed by atoms with E-state index in [9.17, 15) is 0 Å². The van der Waals surface area contributed by atoms with Gasteiger partial charge in [-0.1, -0.05) is 54.1 Å². The van der Waals surface area contributed by atoms with E-state index in [4.69, 9.17) is 16.9 Å². The zero-order valence-electron chi connectivity index (χ0n) is 16.5. The Kier molecular flexibility index (Phi) is 6.95. The first-order chi connectivity index (χ1) is 14.1. The molecule has 0 N–H and O–H groups in total. The summed E-state index contributed by atoms with van der Waals surface area (Å²) in [6.07, 6.45) is 4.71. The van der Waals surface area contributed by atoms with E-state index in [1.165, 1.54) is 16.7 Å². The zero-order chi connectivity index (χ0) is 20.2. The average molecular weight is 434 g/mol. The maximum Gasteiger partial charge on any atom is 0.0991 e. The summed E-state index contributed by atoms with van der Waals surface area (Å²) in [5, 5.41) is 9.65. The molecule has 1 heterocycles. The normalized spacial score (nSPS) is 10.3. The van der Waals surface area contributed by atoms with Gasteiger partial charge in [0.15, 0.2) is 0 Å². The van der Waals surface area contributed by atoms with Crippen LogP contribution in [0.2, 0.25) is 5.02 Å². The molecule has 3 aromatic carbocycles. The molecule has 1 aromatic heterocycles. The second-order valence-electron chi connectivity index (χ2n) is 7.18. The Morgan fingerprint density at radius 3 is 2.47 bits per heavy atom. The molecule has 0 aliphatic rings. The Bertz CT molecular complexity index is 1190. The maximum absolute atomic E-state index is 8.90. The van der Waals surface area contributed by atoms with E-state index in [0.717, 1.165) is 34.8 Å². The van der Waals surface area contributed by atoms with Crippen molar-refractivity contribution in [2.75, 3.05) is 0 Å². The Hall–Kier alpha value is -3.06. The predicted octanol–water partition coefficient (Wildman–Crippen LogP) is 6.44. The number of rotatable bonds is 5. The van der Waals surface area contributed by atoms with E-state index in [0.29, 0.717) is 5.56 Å². The first-order valence-corrected chi connectivity index (χ1v) is 9.84. The van der Waals surface area contributed by atoms with E-state index in [1.54, 1.807) is 0 Å². The van der Waals surface area contributed by atoms with Crippen molar-refractivity contribution in [3.8, 4) is 17.2 Å². The van der Waals surface area contributed by atoms with Gasteiger partial charge < -0.3 is 4.57 Å². The number of benzene rings is 3. The van der Waals surface area contributed by atoms with Crippen molar-refractivity contribution in [3.63, 3.8) is 0 Å². The van der Waals surface area contributed by atoms with Gasteiger partial charge in [-0.05, 0) is 59.0 Å². The molecule has 3 nitrogen and oxygen atoms in total. The number of imidazole rings is 1. The summed E-state index contributed by atoms with van der Waals surface area (Å²) < 4.78 is 2.10. The molecule has 0 unspecified atom stereocenters. The molecule has 5 heteroatoms. The van der Waals surface area contributed by atoms with Crippen LogP contribution in [0.25, 0.3) is 11.1 Å². The molecule has 0 saturated heterocycles. The standard InChI is InChI=1S/C25H20ClN3.ClH/c1-18-11-21(9-10-25(18)22-3-2-4-23(26)13-22)15-29-16-24(28-17-29)12-19-5-7-20(14-27)8-6-19;/h2-11,13,16-17H,12,15H2,1H3;1H. The highest BCUT2D eigenvalue weighted by molar-refractivity contribution is 6.30. The molecular weight excluding hydrogens is 413 g/mol. The van der Waals surface area contributed by atoms with Gasteiger partial charge in [-0.3, -0.25) is 0 Å². The van der Waals surface area contributed by atoms with E-state index in [1.807, 2.05) is 48.8 Å². The Labute approximate surface area is 188 Å². The topological polar surface area (TPSA) is 41.6 Å². The molecule has 0 radical (unpaired) electrons.